The van der Waals surface area contributed by atoms with Gasteiger partial charge in [0.2, 0.25) is 0 Å². The highest BCUT2D eigenvalue weighted by Gasteiger charge is 2.39. The van der Waals surface area contributed by atoms with Crippen molar-refractivity contribution in [1.82, 2.24) is 5.01 Å². The second-order valence-corrected chi connectivity index (χ2v) is 6.30. The lowest BCUT2D eigenvalue weighted by Crippen LogP contribution is -2.27. The summed E-state index contributed by atoms with van der Waals surface area (Å²) < 4.78 is 0. The number of aryl methyl sites for hydroxylation is 1. The van der Waals surface area contributed by atoms with Gasteiger partial charge in [0.1, 0.15) is 0 Å². The number of halogens is 1. The molecule has 1 heterocycles. The van der Waals surface area contributed by atoms with Gasteiger partial charge in [-0.3, -0.25) is 5.01 Å². The van der Waals surface area contributed by atoms with Gasteiger partial charge in [0.25, 0.3) is 0 Å². The van der Waals surface area contributed by atoms with E-state index in [1.54, 1.807) is 0 Å². The molecule has 0 aromatic heterocycles. The van der Waals surface area contributed by atoms with Gasteiger partial charge < -0.3 is 0 Å². The number of fused-ring (bicyclic) bond motifs is 3. The molecule has 0 N–H and O–H groups in total. The Bertz CT molecular complexity index is 723. The van der Waals surface area contributed by atoms with Gasteiger partial charge in [-0.05, 0) is 36.1 Å². The van der Waals surface area contributed by atoms with Gasteiger partial charge in [0.05, 0.1) is 11.8 Å². The van der Waals surface area contributed by atoms with Crippen molar-refractivity contribution in [1.29, 1.82) is 0 Å². The number of rotatable bonds is 1. The second kappa shape index (κ2) is 4.88. The van der Waals surface area contributed by atoms with Gasteiger partial charge in [-0.2, -0.15) is 5.10 Å². The first-order valence-electron chi connectivity index (χ1n) is 7.39. The molecule has 0 bridgehead atoms. The van der Waals surface area contributed by atoms with Gasteiger partial charge in [-0.25, -0.2) is 0 Å². The van der Waals surface area contributed by atoms with Gasteiger partial charge in [0, 0.05) is 23.6 Å². The lowest BCUT2D eigenvalue weighted by atomic mass is 9.77. The first kappa shape index (κ1) is 12.9. The molecule has 0 amide bonds. The molecular formula is C18H17ClN2. The van der Waals surface area contributed by atoms with Crippen molar-refractivity contribution in [3.8, 4) is 0 Å². The lowest BCUT2D eigenvalue weighted by Gasteiger charge is -2.29. The number of hydrogen-bond donors (Lipinski definition) is 0. The van der Waals surface area contributed by atoms with Crippen molar-refractivity contribution in [2.24, 2.45) is 11.0 Å². The van der Waals surface area contributed by atoms with Gasteiger partial charge in [-0.1, -0.05) is 48.0 Å². The maximum Gasteiger partial charge on any atom is 0.0801 e. The van der Waals surface area contributed by atoms with Crippen LogP contribution in [0.15, 0.2) is 53.6 Å². The van der Waals surface area contributed by atoms with E-state index in [4.69, 9.17) is 16.7 Å². The van der Waals surface area contributed by atoms with Crippen molar-refractivity contribution in [3.05, 3.63) is 70.2 Å². The molecule has 3 heteroatoms. The third-order valence-electron chi connectivity index (χ3n) is 4.61. The lowest BCUT2D eigenvalue weighted by molar-refractivity contribution is 0.244. The Morgan fingerprint density at radius 1 is 1.14 bits per heavy atom. The summed E-state index contributed by atoms with van der Waals surface area (Å²) in [5, 5.41) is 7.75. The number of hydrazone groups is 1. The molecule has 1 aliphatic heterocycles. The molecule has 0 saturated heterocycles. The molecule has 106 valence electrons. The fourth-order valence-corrected chi connectivity index (χ4v) is 3.90. The summed E-state index contributed by atoms with van der Waals surface area (Å²) in [4.78, 5) is 0. The third kappa shape index (κ3) is 2.06. The fraction of sp³-hybridized carbons (Fsp3) is 0.278. The van der Waals surface area contributed by atoms with E-state index in [2.05, 4.69) is 48.5 Å². The normalized spacial score (nSPS) is 23.5. The van der Waals surface area contributed by atoms with Crippen LogP contribution >= 0.6 is 11.6 Å². The Balaban J connectivity index is 1.76. The Labute approximate surface area is 130 Å². The van der Waals surface area contributed by atoms with E-state index in [-0.39, 0.29) is 0 Å². The zero-order chi connectivity index (χ0) is 14.4. The molecular weight excluding hydrogens is 280 g/mol. The average Bonchev–Trinajstić information content (AvgIpc) is 2.83. The minimum absolute atomic E-state index is 0.298. The van der Waals surface area contributed by atoms with E-state index in [0.717, 1.165) is 17.9 Å². The highest BCUT2D eigenvalue weighted by Crippen LogP contribution is 2.42. The minimum Gasteiger partial charge on any atom is -0.292 e. The van der Waals surface area contributed by atoms with Crippen molar-refractivity contribution in [2.45, 2.75) is 18.9 Å². The summed E-state index contributed by atoms with van der Waals surface area (Å²) in [6, 6.07) is 17.1. The average molecular weight is 297 g/mol. The number of nitrogens with zero attached hydrogens (tertiary/aromatic N) is 2. The number of benzene rings is 2. The third-order valence-corrected chi connectivity index (χ3v) is 4.84. The van der Waals surface area contributed by atoms with Crippen molar-refractivity contribution in [3.63, 3.8) is 0 Å². The quantitative estimate of drug-likeness (QED) is 0.766. The van der Waals surface area contributed by atoms with Crippen LogP contribution in [-0.2, 0) is 6.42 Å². The molecule has 2 aromatic carbocycles. The van der Waals surface area contributed by atoms with Crippen LogP contribution in [0.4, 0.5) is 0 Å². The molecule has 2 atom stereocenters. The molecule has 2 aliphatic rings. The van der Waals surface area contributed by atoms with Crippen molar-refractivity contribution < 1.29 is 0 Å². The van der Waals surface area contributed by atoms with Gasteiger partial charge in [0.15, 0.2) is 0 Å². The summed E-state index contributed by atoms with van der Waals surface area (Å²) in [5.74, 6) is 0.461. The molecule has 0 radical (unpaired) electrons. The van der Waals surface area contributed by atoms with Crippen LogP contribution in [0.25, 0.3) is 0 Å². The van der Waals surface area contributed by atoms with Crippen LogP contribution in [0.3, 0.4) is 0 Å². The Morgan fingerprint density at radius 2 is 2.00 bits per heavy atom. The van der Waals surface area contributed by atoms with Gasteiger partial charge in [-0.15, -0.1) is 0 Å². The highest BCUT2D eigenvalue weighted by atomic mass is 35.5. The molecule has 0 spiro atoms. The predicted molar refractivity (Wildman–Crippen MR) is 86.7 cm³/mol. The molecule has 1 aliphatic carbocycles. The Kier molecular flexibility index (Phi) is 3.00. The van der Waals surface area contributed by atoms with Crippen LogP contribution < -0.4 is 0 Å². The summed E-state index contributed by atoms with van der Waals surface area (Å²) in [7, 11) is 2.07. The number of hydrogen-bond acceptors (Lipinski definition) is 2. The van der Waals surface area contributed by atoms with Crippen LogP contribution in [0.1, 0.15) is 29.2 Å². The highest BCUT2D eigenvalue weighted by molar-refractivity contribution is 6.30. The molecule has 2 unspecified atom stereocenters. The van der Waals surface area contributed by atoms with E-state index in [1.807, 2.05) is 12.1 Å². The molecule has 0 fully saturated rings. The maximum atomic E-state index is 6.17. The summed E-state index contributed by atoms with van der Waals surface area (Å²) in [6.45, 7) is 0. The monoisotopic (exact) mass is 296 g/mol. The Hall–Kier alpha value is -1.80. The summed E-state index contributed by atoms with van der Waals surface area (Å²) >= 11 is 6.17. The second-order valence-electron chi connectivity index (χ2n) is 5.86. The summed E-state index contributed by atoms with van der Waals surface area (Å²) in [5.41, 5.74) is 5.25. The van der Waals surface area contributed by atoms with E-state index >= 15 is 0 Å². The van der Waals surface area contributed by atoms with Crippen LogP contribution in [0, 0.1) is 5.92 Å². The van der Waals surface area contributed by atoms with E-state index in [9.17, 15) is 0 Å². The van der Waals surface area contributed by atoms with Gasteiger partial charge >= 0.3 is 0 Å². The topological polar surface area (TPSA) is 15.6 Å². The van der Waals surface area contributed by atoms with Crippen LogP contribution in [0.5, 0.6) is 0 Å². The molecule has 2 aromatic rings. The minimum atomic E-state index is 0.298. The fourth-order valence-electron chi connectivity index (χ4n) is 3.70. The standard InChI is InChI=1S/C18H17ClN2/c1-21-18(13-6-4-7-14(19)11-13)16-10-9-12-5-2-3-8-15(12)17(16)20-21/h2-8,11,16,18H,9-10H2,1H3. The van der Waals surface area contributed by atoms with E-state index < -0.39 is 0 Å². The predicted octanol–water partition coefficient (Wildman–Crippen LogP) is 4.29. The van der Waals surface area contributed by atoms with Crippen LogP contribution in [0.2, 0.25) is 5.02 Å². The maximum absolute atomic E-state index is 6.17. The molecule has 4 rings (SSSR count). The van der Waals surface area contributed by atoms with Crippen LogP contribution in [-0.4, -0.2) is 17.8 Å². The first-order valence-corrected chi connectivity index (χ1v) is 7.77. The van der Waals surface area contributed by atoms with Crippen molar-refractivity contribution >= 4 is 17.3 Å². The molecule has 21 heavy (non-hydrogen) atoms. The van der Waals surface area contributed by atoms with Crippen molar-refractivity contribution in [2.75, 3.05) is 7.05 Å². The van der Waals surface area contributed by atoms with E-state index in [1.165, 1.54) is 22.4 Å². The van der Waals surface area contributed by atoms with E-state index in [0.29, 0.717) is 12.0 Å². The summed E-state index contributed by atoms with van der Waals surface area (Å²) in [6.07, 6.45) is 2.28. The Morgan fingerprint density at radius 3 is 2.86 bits per heavy atom. The molecule has 0 saturated carbocycles. The zero-order valence-electron chi connectivity index (χ0n) is 12.0. The molecule has 2 nitrogen and oxygen atoms in total. The first-order chi connectivity index (χ1) is 10.2. The largest absolute Gasteiger partial charge is 0.292 e. The zero-order valence-corrected chi connectivity index (χ0v) is 12.7. The SMILES string of the molecule is CN1N=C2c3ccccc3CCC2C1c1cccc(Cl)c1. The smallest absolute Gasteiger partial charge is 0.0801 e.